The average Bonchev–Trinajstić information content (AvgIpc) is 4.15. The second kappa shape index (κ2) is 20.0. The van der Waals surface area contributed by atoms with Crippen molar-refractivity contribution >= 4 is 44.0 Å². The molecule has 6 aliphatic rings. The molecule has 0 radical (unpaired) electrons. The molecule has 1 amide bonds. The zero-order valence-corrected chi connectivity index (χ0v) is 43.8. The van der Waals surface area contributed by atoms with Crippen molar-refractivity contribution in [1.82, 2.24) is 24.5 Å². The van der Waals surface area contributed by atoms with Gasteiger partial charge in [-0.05, 0) is 157 Å². The van der Waals surface area contributed by atoms with E-state index in [-0.39, 0.29) is 64.4 Å². The third-order valence-corrected chi connectivity index (χ3v) is 18.8. The molecular formula is C56H70N8O9S. The molecule has 74 heavy (non-hydrogen) atoms. The number of H-pyrrole nitrogens is 1. The van der Waals surface area contributed by atoms with E-state index >= 15 is 0 Å². The van der Waals surface area contributed by atoms with Gasteiger partial charge in [-0.3, -0.25) is 19.8 Å². The lowest BCUT2D eigenvalue weighted by Crippen LogP contribution is -2.54. The summed E-state index contributed by atoms with van der Waals surface area (Å²) in [4.78, 5) is 41.2. The van der Waals surface area contributed by atoms with Crippen molar-refractivity contribution < 1.29 is 37.5 Å². The number of benzene rings is 3. The van der Waals surface area contributed by atoms with Gasteiger partial charge in [0, 0.05) is 66.7 Å². The smallest absolute Gasteiger partial charge is 0.297 e. The molecule has 0 unspecified atom stereocenters. The molecule has 11 rings (SSSR count). The third kappa shape index (κ3) is 10.0. The number of aliphatic hydroxyl groups is 1. The minimum atomic E-state index is -4.72. The van der Waals surface area contributed by atoms with E-state index in [0.717, 1.165) is 69.0 Å². The Morgan fingerprint density at radius 1 is 0.973 bits per heavy atom. The van der Waals surface area contributed by atoms with Crippen molar-refractivity contribution in [2.75, 3.05) is 56.7 Å². The number of rotatable bonds is 14. The summed E-state index contributed by atoms with van der Waals surface area (Å²) in [5.41, 5.74) is 3.40. The summed E-state index contributed by atoms with van der Waals surface area (Å²) in [7, 11) is -2.65. The molecule has 17 nitrogen and oxygen atoms in total. The van der Waals surface area contributed by atoms with Crippen molar-refractivity contribution in [2.45, 2.75) is 138 Å². The summed E-state index contributed by atoms with van der Waals surface area (Å²) in [6, 6.07) is 20.9. The number of piperidine rings is 1. The Kier molecular flexibility index (Phi) is 13.5. The van der Waals surface area contributed by atoms with E-state index < -0.39 is 37.0 Å². The number of likely N-dealkylation sites (tertiary alicyclic amines) is 2. The molecular weight excluding hydrogens is 961 g/mol. The monoisotopic (exact) mass is 1030 g/mol. The fraction of sp³-hybridized carbons (Fsp3) is 0.536. The SMILES string of the molecule is CC(C)c1ccccc1[C@@H]1CCCN1C1CC2(CCN(c3ccc(C(=O)NS(=O)(=O)c4cc5c(c([N+](=O)[O-])c4)N[C@@H](C4CCC(C)(O)CC4)CO5)c(Oc4cc5cc[nH]c5nc4OC[C@H]4CCCN4C)c3)CC2)C1. The van der Waals surface area contributed by atoms with Crippen molar-refractivity contribution in [3.8, 4) is 23.1 Å². The van der Waals surface area contributed by atoms with Crippen LogP contribution in [-0.2, 0) is 10.0 Å². The van der Waals surface area contributed by atoms with Gasteiger partial charge in [0.05, 0.1) is 27.0 Å². The molecule has 6 heterocycles. The van der Waals surface area contributed by atoms with Crippen LogP contribution in [-0.4, -0.2) is 114 Å². The van der Waals surface area contributed by atoms with Crippen LogP contribution >= 0.6 is 0 Å². The Balaban J connectivity index is 0.845. The van der Waals surface area contributed by atoms with Gasteiger partial charge in [0.2, 0.25) is 0 Å². The number of carbonyl (C=O) groups is 1. The zero-order chi connectivity index (χ0) is 51.5. The van der Waals surface area contributed by atoms with Crippen molar-refractivity contribution in [2.24, 2.45) is 11.3 Å². The molecule has 4 N–H and O–H groups in total. The summed E-state index contributed by atoms with van der Waals surface area (Å²) < 4.78 is 49.8. The number of anilines is 2. The van der Waals surface area contributed by atoms with E-state index in [1.165, 1.54) is 42.9 Å². The first-order valence-electron chi connectivity index (χ1n) is 26.8. The van der Waals surface area contributed by atoms with Gasteiger partial charge >= 0.3 is 0 Å². The van der Waals surface area contributed by atoms with Gasteiger partial charge < -0.3 is 39.4 Å². The molecule has 2 saturated carbocycles. The number of likely N-dealkylation sites (N-methyl/N-ethyl adjacent to an activating group) is 1. The molecule has 2 aliphatic carbocycles. The number of amides is 1. The van der Waals surface area contributed by atoms with Crippen molar-refractivity contribution in [1.29, 1.82) is 0 Å². The normalized spacial score (nSPS) is 25.4. The number of nitro benzene ring substituents is 1. The quantitative estimate of drug-likeness (QED) is 0.0604. The largest absolute Gasteiger partial charge is 0.489 e. The maximum absolute atomic E-state index is 14.5. The highest BCUT2D eigenvalue weighted by molar-refractivity contribution is 7.90. The van der Waals surface area contributed by atoms with Crippen molar-refractivity contribution in [3.05, 3.63) is 99.7 Å². The van der Waals surface area contributed by atoms with E-state index in [0.29, 0.717) is 55.9 Å². The predicted molar refractivity (Wildman–Crippen MR) is 283 cm³/mol. The molecule has 0 bridgehead atoms. The summed E-state index contributed by atoms with van der Waals surface area (Å²) >= 11 is 0. The minimum absolute atomic E-state index is 0.00295. The van der Waals surface area contributed by atoms with Gasteiger partial charge in [-0.1, -0.05) is 38.1 Å². The number of nitrogens with zero attached hydrogens (tertiary/aromatic N) is 5. The van der Waals surface area contributed by atoms with Gasteiger partial charge in [-0.2, -0.15) is 4.98 Å². The average molecular weight is 1030 g/mol. The number of sulfonamides is 1. The van der Waals surface area contributed by atoms with Crippen LogP contribution in [0.25, 0.3) is 11.0 Å². The highest BCUT2D eigenvalue weighted by Crippen LogP contribution is 2.55. The number of aromatic amines is 1. The Labute approximate surface area is 433 Å². The van der Waals surface area contributed by atoms with Crippen LogP contribution in [0.2, 0.25) is 0 Å². The molecule has 3 aromatic carbocycles. The number of hydrogen-bond donors (Lipinski definition) is 4. The molecule has 4 aliphatic heterocycles. The van der Waals surface area contributed by atoms with Crippen LogP contribution in [0.4, 0.5) is 17.1 Å². The maximum atomic E-state index is 14.5. The van der Waals surface area contributed by atoms with E-state index in [1.54, 1.807) is 24.4 Å². The van der Waals surface area contributed by atoms with Gasteiger partial charge in [-0.15, -0.1) is 0 Å². The first kappa shape index (κ1) is 50.2. The van der Waals surface area contributed by atoms with Crippen molar-refractivity contribution in [3.63, 3.8) is 0 Å². The second-order valence-corrected chi connectivity index (χ2v) is 24.4. The second-order valence-electron chi connectivity index (χ2n) is 22.7. The highest BCUT2D eigenvalue weighted by atomic mass is 32.2. The lowest BCUT2D eigenvalue weighted by Gasteiger charge is -2.56. The topological polar surface area (TPSA) is 205 Å². The van der Waals surface area contributed by atoms with Crippen LogP contribution in [0.3, 0.4) is 0 Å². The van der Waals surface area contributed by atoms with Crippen LogP contribution in [0, 0.1) is 21.4 Å². The summed E-state index contributed by atoms with van der Waals surface area (Å²) in [6.07, 6.45) is 13.2. The number of nitrogens with one attached hydrogen (secondary N) is 3. The summed E-state index contributed by atoms with van der Waals surface area (Å²) in [6.45, 7) is 10.6. The number of hydrogen-bond acceptors (Lipinski definition) is 14. The predicted octanol–water partition coefficient (Wildman–Crippen LogP) is 9.68. The first-order valence-corrected chi connectivity index (χ1v) is 28.2. The fourth-order valence-electron chi connectivity index (χ4n) is 13.0. The minimum Gasteiger partial charge on any atom is -0.489 e. The van der Waals surface area contributed by atoms with Gasteiger partial charge in [0.15, 0.2) is 17.2 Å². The number of ether oxygens (including phenoxy) is 3. The molecule has 394 valence electrons. The van der Waals surface area contributed by atoms with Gasteiger partial charge in [0.1, 0.15) is 24.6 Å². The fourth-order valence-corrected chi connectivity index (χ4v) is 14.0. The number of nitro groups is 1. The first-order chi connectivity index (χ1) is 35.5. The molecule has 18 heteroatoms. The van der Waals surface area contributed by atoms with Crippen LogP contribution < -0.4 is 29.1 Å². The van der Waals surface area contributed by atoms with Crippen LogP contribution in [0.5, 0.6) is 23.1 Å². The molecule has 2 aromatic heterocycles. The summed E-state index contributed by atoms with van der Waals surface area (Å²) in [5.74, 6) is 0.168. The number of carbonyl (C=O) groups excluding carboxylic acids is 1. The number of fused-ring (bicyclic) bond motifs is 2. The molecule has 1 spiro atoms. The van der Waals surface area contributed by atoms with Crippen LogP contribution in [0.15, 0.2) is 77.8 Å². The summed E-state index contributed by atoms with van der Waals surface area (Å²) in [5, 5.41) is 27.1. The number of pyridine rings is 1. The highest BCUT2D eigenvalue weighted by Gasteiger charge is 2.50. The van der Waals surface area contributed by atoms with E-state index in [9.17, 15) is 28.4 Å². The Bertz CT molecular complexity index is 3030. The number of aromatic nitrogens is 2. The lowest BCUT2D eigenvalue weighted by molar-refractivity contribution is -0.384. The standard InChI is InChI=1S/C56H70N8O9S/c1-35(2)42-10-5-6-11-43(42)46-12-8-24-63(46)40-31-56(32-40)20-25-62(26-21-56)38-13-14-44(48(28-38)73-50-27-37-17-22-57-52(37)59-54(50)72-33-39-9-7-23-61(39)4)53(65)60-74(69,70)41-29-47(64(67)68)51-49(30-41)71-34-45(58-51)36-15-18-55(3,66)19-16-36/h5-6,10-11,13-14,17,22,27-30,35-36,39-40,45-46,58,66H,7-9,12,15-16,18-21,23-26,31-34H2,1-4H3,(H,57,59)(H,60,65)/t36?,39-,45-,46+,55?/m1/s1. The van der Waals surface area contributed by atoms with Crippen LogP contribution in [0.1, 0.15) is 131 Å². The van der Waals surface area contributed by atoms with E-state index in [1.807, 2.05) is 19.1 Å². The zero-order valence-electron chi connectivity index (χ0n) is 43.0. The van der Waals surface area contributed by atoms with E-state index in [2.05, 4.69) is 74.9 Å². The van der Waals surface area contributed by atoms with E-state index in [4.69, 9.17) is 19.2 Å². The third-order valence-electron chi connectivity index (χ3n) is 17.5. The molecule has 5 aromatic rings. The lowest BCUT2D eigenvalue weighted by atomic mass is 9.59. The molecule has 3 saturated heterocycles. The Morgan fingerprint density at radius 2 is 1.74 bits per heavy atom. The van der Waals surface area contributed by atoms with Gasteiger partial charge in [0.25, 0.3) is 27.5 Å². The van der Waals surface area contributed by atoms with Gasteiger partial charge in [-0.25, -0.2) is 13.1 Å². The Morgan fingerprint density at radius 3 is 2.49 bits per heavy atom. The Hall–Kier alpha value is -5.95. The maximum Gasteiger partial charge on any atom is 0.297 e. The molecule has 3 atom stereocenters. The molecule has 5 fully saturated rings.